The first kappa shape index (κ1) is 27.4. The average Bonchev–Trinajstić information content (AvgIpc) is 2.89. The minimum absolute atomic E-state index is 0.0392. The van der Waals surface area contributed by atoms with Gasteiger partial charge in [0.05, 0.1) is 44.0 Å². The normalized spacial score (nSPS) is 10.9. The summed E-state index contributed by atoms with van der Waals surface area (Å²) in [4.78, 5) is 37.9. The molecule has 0 saturated carbocycles. The van der Waals surface area contributed by atoms with Crippen LogP contribution in [0.1, 0.15) is 22.8 Å². The van der Waals surface area contributed by atoms with E-state index in [1.807, 2.05) is 0 Å². The summed E-state index contributed by atoms with van der Waals surface area (Å²) in [5.41, 5.74) is -1.49. The van der Waals surface area contributed by atoms with E-state index in [1.165, 1.54) is 6.07 Å². The van der Waals surface area contributed by atoms with Crippen LogP contribution in [0.15, 0.2) is 59.5 Å². The molecule has 0 bridgehead atoms. The van der Waals surface area contributed by atoms with Crippen molar-refractivity contribution in [3.8, 4) is 5.69 Å². The fraction of sp³-hybridized carbons (Fsp3) is 0.115. The van der Waals surface area contributed by atoms with E-state index >= 15 is 4.39 Å². The third-order valence-electron chi connectivity index (χ3n) is 5.37. The van der Waals surface area contributed by atoms with Crippen LogP contribution < -0.4 is 10.7 Å². The smallest absolute Gasteiger partial charge is 0.412 e. The summed E-state index contributed by atoms with van der Waals surface area (Å²) in [6.45, 7) is 1.41. The summed E-state index contributed by atoms with van der Waals surface area (Å²) >= 11 is 18.7. The van der Waals surface area contributed by atoms with Crippen LogP contribution in [0.25, 0.3) is 16.6 Å². The lowest BCUT2D eigenvalue weighted by atomic mass is 10.1. The molecule has 196 valence electrons. The van der Waals surface area contributed by atoms with Gasteiger partial charge in [-0.05, 0) is 24.6 Å². The summed E-state index contributed by atoms with van der Waals surface area (Å²) in [5.74, 6) is -3.20. The van der Waals surface area contributed by atoms with Crippen molar-refractivity contribution in [2.24, 2.45) is 0 Å². The number of hydrogen-bond acceptors (Lipinski definition) is 5. The molecule has 0 aliphatic carbocycles. The van der Waals surface area contributed by atoms with Crippen LogP contribution in [-0.2, 0) is 16.1 Å². The second kappa shape index (κ2) is 11.4. The molecule has 38 heavy (non-hydrogen) atoms. The molecule has 0 fully saturated rings. The number of esters is 1. The highest BCUT2D eigenvalue weighted by Gasteiger charge is 2.24. The minimum Gasteiger partial charge on any atom is -0.462 e. The number of benzene rings is 3. The highest BCUT2D eigenvalue weighted by molar-refractivity contribution is 6.50. The van der Waals surface area contributed by atoms with E-state index in [4.69, 9.17) is 44.3 Å². The number of anilines is 1. The van der Waals surface area contributed by atoms with Crippen molar-refractivity contribution < 1.29 is 27.8 Å². The van der Waals surface area contributed by atoms with Gasteiger partial charge >= 0.3 is 12.1 Å². The zero-order chi connectivity index (χ0) is 27.6. The van der Waals surface area contributed by atoms with Crippen molar-refractivity contribution in [1.29, 1.82) is 0 Å². The predicted octanol–water partition coefficient (Wildman–Crippen LogP) is 7.15. The van der Waals surface area contributed by atoms with Crippen molar-refractivity contribution in [3.63, 3.8) is 0 Å². The van der Waals surface area contributed by atoms with Crippen molar-refractivity contribution in [2.75, 3.05) is 11.9 Å². The number of carbonyl (C=O) groups is 2. The van der Waals surface area contributed by atoms with Crippen LogP contribution in [0, 0.1) is 11.6 Å². The first-order chi connectivity index (χ1) is 18.1. The molecule has 4 rings (SSSR count). The quantitative estimate of drug-likeness (QED) is 0.193. The number of ether oxygens (including phenoxy) is 2. The highest BCUT2D eigenvalue weighted by atomic mass is 35.5. The molecule has 12 heteroatoms. The molecule has 0 saturated heterocycles. The number of hydrogen-bond donors (Lipinski definition) is 1. The molecule has 1 heterocycles. The van der Waals surface area contributed by atoms with E-state index in [0.717, 1.165) is 16.8 Å². The van der Waals surface area contributed by atoms with E-state index in [1.54, 1.807) is 37.3 Å². The third-order valence-corrected chi connectivity index (χ3v) is 6.62. The van der Waals surface area contributed by atoms with Gasteiger partial charge in [-0.2, -0.15) is 0 Å². The average molecular weight is 582 g/mol. The molecule has 0 unspecified atom stereocenters. The number of nitrogens with zero attached hydrogens (tertiary/aromatic N) is 1. The Morgan fingerprint density at radius 2 is 1.68 bits per heavy atom. The Bertz CT molecular complexity index is 1630. The third kappa shape index (κ3) is 5.45. The number of rotatable bonds is 6. The summed E-state index contributed by atoms with van der Waals surface area (Å²) in [7, 11) is 0. The Hall–Kier alpha value is -3.66. The second-order valence-corrected chi connectivity index (χ2v) is 8.98. The molecular weight excluding hydrogens is 565 g/mol. The maximum Gasteiger partial charge on any atom is 0.412 e. The lowest BCUT2D eigenvalue weighted by Gasteiger charge is -2.17. The number of carbonyl (C=O) groups excluding carboxylic acids is 2. The summed E-state index contributed by atoms with van der Waals surface area (Å²) in [5, 5.41) is 1.61. The molecule has 0 radical (unpaired) electrons. The van der Waals surface area contributed by atoms with Gasteiger partial charge < -0.3 is 14.0 Å². The molecule has 0 aliphatic rings. The van der Waals surface area contributed by atoms with E-state index < -0.39 is 40.4 Å². The molecule has 0 spiro atoms. The summed E-state index contributed by atoms with van der Waals surface area (Å²) in [6.07, 6.45) is -0.0118. The van der Waals surface area contributed by atoms with Crippen LogP contribution >= 0.6 is 34.8 Å². The molecular formula is C26H17Cl3F2N2O5. The van der Waals surface area contributed by atoms with Crippen molar-refractivity contribution >= 4 is 63.5 Å². The lowest BCUT2D eigenvalue weighted by molar-refractivity contribution is 0.0524. The Labute approximate surface area is 229 Å². The van der Waals surface area contributed by atoms with Gasteiger partial charge in [-0.3, -0.25) is 10.1 Å². The maximum absolute atomic E-state index is 15.1. The van der Waals surface area contributed by atoms with Gasteiger partial charge in [0.2, 0.25) is 5.43 Å². The van der Waals surface area contributed by atoms with Gasteiger partial charge in [-0.1, -0.05) is 65.1 Å². The fourth-order valence-corrected chi connectivity index (χ4v) is 4.31. The Kier molecular flexibility index (Phi) is 8.20. The van der Waals surface area contributed by atoms with Crippen molar-refractivity contribution in [3.05, 3.63) is 103 Å². The maximum atomic E-state index is 15.1. The Morgan fingerprint density at radius 1 is 0.974 bits per heavy atom. The molecule has 0 atom stereocenters. The van der Waals surface area contributed by atoms with E-state index in [9.17, 15) is 18.8 Å². The monoisotopic (exact) mass is 580 g/mol. The predicted molar refractivity (Wildman–Crippen MR) is 141 cm³/mol. The largest absolute Gasteiger partial charge is 0.462 e. The number of pyridine rings is 1. The molecule has 0 aliphatic heterocycles. The Morgan fingerprint density at radius 3 is 2.37 bits per heavy atom. The number of amides is 1. The van der Waals surface area contributed by atoms with Crippen LogP contribution in [0.2, 0.25) is 15.1 Å². The van der Waals surface area contributed by atoms with E-state index in [-0.39, 0.29) is 44.9 Å². The number of halogens is 5. The first-order valence-electron chi connectivity index (χ1n) is 11.0. The van der Waals surface area contributed by atoms with E-state index in [0.29, 0.717) is 11.6 Å². The summed E-state index contributed by atoms with van der Waals surface area (Å²) in [6, 6.07) is 11.4. The van der Waals surface area contributed by atoms with Gasteiger partial charge in [0.1, 0.15) is 23.8 Å². The topological polar surface area (TPSA) is 86.6 Å². The zero-order valence-corrected chi connectivity index (χ0v) is 21.8. The summed E-state index contributed by atoms with van der Waals surface area (Å²) < 4.78 is 40.9. The van der Waals surface area contributed by atoms with Gasteiger partial charge in [-0.25, -0.2) is 18.4 Å². The van der Waals surface area contributed by atoms with Crippen LogP contribution in [0.5, 0.6) is 0 Å². The second-order valence-electron chi connectivity index (χ2n) is 7.82. The van der Waals surface area contributed by atoms with Gasteiger partial charge in [0.25, 0.3) is 0 Å². The molecule has 3 aromatic carbocycles. The molecule has 1 N–H and O–H groups in total. The molecule has 7 nitrogen and oxygen atoms in total. The highest BCUT2D eigenvalue weighted by Crippen LogP contribution is 2.37. The SMILES string of the molecule is CCOC(=O)c1cn(-c2cc(NC(=O)OCc3ccccc3)c(F)cc2F)c2c(Cl)c(Cl)c(Cl)cc2c1=O. The van der Waals surface area contributed by atoms with Gasteiger partial charge in [-0.15, -0.1) is 0 Å². The van der Waals surface area contributed by atoms with Crippen LogP contribution in [-0.4, -0.2) is 23.2 Å². The number of fused-ring (bicyclic) bond motifs is 1. The minimum atomic E-state index is -1.11. The van der Waals surface area contributed by atoms with E-state index in [2.05, 4.69) is 5.32 Å². The number of nitrogens with one attached hydrogen (secondary N) is 1. The van der Waals surface area contributed by atoms with Crippen molar-refractivity contribution in [1.82, 2.24) is 4.57 Å². The van der Waals surface area contributed by atoms with Crippen LogP contribution in [0.4, 0.5) is 19.3 Å². The van der Waals surface area contributed by atoms with Crippen LogP contribution in [0.3, 0.4) is 0 Å². The van der Waals surface area contributed by atoms with Gasteiger partial charge in [0.15, 0.2) is 0 Å². The lowest BCUT2D eigenvalue weighted by Crippen LogP contribution is -2.21. The van der Waals surface area contributed by atoms with Crippen molar-refractivity contribution in [2.45, 2.75) is 13.5 Å². The number of aromatic nitrogens is 1. The van der Waals surface area contributed by atoms with Gasteiger partial charge in [0, 0.05) is 12.3 Å². The Balaban J connectivity index is 1.84. The first-order valence-corrected chi connectivity index (χ1v) is 12.1. The standard InChI is InChI=1S/C26H17Cl3F2N2O5/c1-2-37-25(35)15-11-33(23-14(24(15)34)8-16(27)21(28)22(23)29)20-10-19(17(30)9-18(20)31)32-26(36)38-12-13-6-4-3-5-7-13/h3-11H,2,12H2,1H3,(H,32,36). The fourth-order valence-electron chi connectivity index (χ4n) is 3.62. The molecule has 4 aromatic rings. The molecule has 1 amide bonds. The molecule has 1 aromatic heterocycles. The zero-order valence-electron chi connectivity index (χ0n) is 19.5.